The second-order valence-corrected chi connectivity index (χ2v) is 5.01. The normalized spacial score (nSPS) is 10.6. The lowest BCUT2D eigenvalue weighted by atomic mass is 10.2. The van der Waals surface area contributed by atoms with Gasteiger partial charge in [-0.2, -0.15) is 0 Å². The van der Waals surface area contributed by atoms with Crippen molar-refractivity contribution < 1.29 is 0 Å². The van der Waals surface area contributed by atoms with Crippen molar-refractivity contribution in [1.29, 1.82) is 0 Å². The maximum Gasteiger partial charge on any atom is 0.293 e. The van der Waals surface area contributed by atoms with Gasteiger partial charge in [-0.25, -0.2) is 4.98 Å². The molecule has 1 heterocycles. The van der Waals surface area contributed by atoms with E-state index < -0.39 is 0 Å². The first-order valence-corrected chi connectivity index (χ1v) is 7.30. The van der Waals surface area contributed by atoms with E-state index in [4.69, 9.17) is 5.73 Å². The summed E-state index contributed by atoms with van der Waals surface area (Å²) < 4.78 is 1.67. The fraction of sp³-hybridized carbons (Fsp3) is 0.375. The fourth-order valence-electron chi connectivity index (χ4n) is 2.34. The number of anilines is 2. The summed E-state index contributed by atoms with van der Waals surface area (Å²) in [7, 11) is 0. The number of nitrogen functional groups attached to an aromatic ring is 1. The number of nitrogens with two attached hydrogens (primary N) is 1. The summed E-state index contributed by atoms with van der Waals surface area (Å²) in [6.45, 7) is 6.10. The highest BCUT2D eigenvalue weighted by atomic mass is 16.1. The lowest BCUT2D eigenvalue weighted by molar-refractivity contribution is 0.688. The molecule has 21 heavy (non-hydrogen) atoms. The van der Waals surface area contributed by atoms with Crippen LogP contribution in [-0.2, 0) is 13.1 Å². The highest BCUT2D eigenvalue weighted by Crippen LogP contribution is 2.13. The Kier molecular flexibility index (Phi) is 4.98. The van der Waals surface area contributed by atoms with Gasteiger partial charge in [-0.05, 0) is 31.0 Å². The molecule has 2 N–H and O–H groups in total. The van der Waals surface area contributed by atoms with Crippen molar-refractivity contribution in [3.05, 3.63) is 52.6 Å². The molecule has 0 aliphatic rings. The molecule has 0 spiro atoms. The number of nitrogens with zero attached hydrogens (tertiary/aromatic N) is 3. The van der Waals surface area contributed by atoms with Crippen LogP contribution in [0.15, 0.2) is 41.5 Å². The van der Waals surface area contributed by atoms with Crippen LogP contribution in [0.2, 0.25) is 0 Å². The molecule has 112 valence electrons. The summed E-state index contributed by atoms with van der Waals surface area (Å²) in [4.78, 5) is 18.7. The second-order valence-electron chi connectivity index (χ2n) is 5.01. The number of hydrogen-bond donors (Lipinski definition) is 1. The van der Waals surface area contributed by atoms with Gasteiger partial charge < -0.3 is 15.2 Å². The van der Waals surface area contributed by atoms with Crippen molar-refractivity contribution in [3.63, 3.8) is 0 Å². The van der Waals surface area contributed by atoms with E-state index in [0.717, 1.165) is 24.2 Å². The van der Waals surface area contributed by atoms with Crippen molar-refractivity contribution in [2.75, 3.05) is 17.2 Å². The summed E-state index contributed by atoms with van der Waals surface area (Å²) in [5, 5.41) is 0. The van der Waals surface area contributed by atoms with Gasteiger partial charge in [-0.3, -0.25) is 4.79 Å². The van der Waals surface area contributed by atoms with Gasteiger partial charge in [0.05, 0.1) is 0 Å². The van der Waals surface area contributed by atoms with Crippen LogP contribution in [0.1, 0.15) is 25.8 Å². The molecular weight excluding hydrogens is 264 g/mol. The molecule has 0 aliphatic carbocycles. The zero-order chi connectivity index (χ0) is 15.2. The predicted molar refractivity (Wildman–Crippen MR) is 86.4 cm³/mol. The largest absolute Gasteiger partial charge is 0.399 e. The van der Waals surface area contributed by atoms with Crippen LogP contribution < -0.4 is 16.2 Å². The van der Waals surface area contributed by atoms with Crippen LogP contribution in [0.3, 0.4) is 0 Å². The molecular formula is C16H22N4O. The summed E-state index contributed by atoms with van der Waals surface area (Å²) in [6.07, 6.45) is 4.35. The number of rotatable bonds is 6. The third-order valence-electron chi connectivity index (χ3n) is 3.35. The van der Waals surface area contributed by atoms with E-state index in [1.807, 2.05) is 36.1 Å². The molecule has 0 unspecified atom stereocenters. The van der Waals surface area contributed by atoms with E-state index in [1.165, 1.54) is 0 Å². The maximum absolute atomic E-state index is 12.4. The summed E-state index contributed by atoms with van der Waals surface area (Å²) >= 11 is 0. The SMILES string of the molecule is CCCN(Cc1cccc(N)c1)c1nccn(CC)c1=O. The number of benzene rings is 1. The summed E-state index contributed by atoms with van der Waals surface area (Å²) in [5.41, 5.74) is 7.59. The van der Waals surface area contributed by atoms with Gasteiger partial charge in [0.1, 0.15) is 0 Å². The average molecular weight is 286 g/mol. The lowest BCUT2D eigenvalue weighted by Crippen LogP contribution is -2.33. The monoisotopic (exact) mass is 286 g/mol. The van der Waals surface area contributed by atoms with Gasteiger partial charge in [0, 0.05) is 37.7 Å². The Bertz CT molecular complexity index is 651. The summed E-state index contributed by atoms with van der Waals surface area (Å²) in [5.74, 6) is 0.503. The van der Waals surface area contributed by atoms with Gasteiger partial charge in [0.15, 0.2) is 5.82 Å². The molecule has 0 fully saturated rings. The third kappa shape index (κ3) is 3.62. The molecule has 1 aromatic heterocycles. The van der Waals surface area contributed by atoms with E-state index in [-0.39, 0.29) is 5.56 Å². The fourth-order valence-corrected chi connectivity index (χ4v) is 2.34. The minimum atomic E-state index is -0.0441. The highest BCUT2D eigenvalue weighted by molar-refractivity contribution is 5.43. The molecule has 0 saturated heterocycles. The topological polar surface area (TPSA) is 64.2 Å². The average Bonchev–Trinajstić information content (AvgIpc) is 2.47. The first kappa shape index (κ1) is 15.1. The van der Waals surface area contributed by atoms with E-state index in [1.54, 1.807) is 17.0 Å². The molecule has 0 aliphatic heterocycles. The van der Waals surface area contributed by atoms with E-state index >= 15 is 0 Å². The quantitative estimate of drug-likeness (QED) is 0.827. The second kappa shape index (κ2) is 6.92. The molecule has 0 atom stereocenters. The van der Waals surface area contributed by atoms with Gasteiger partial charge in [-0.1, -0.05) is 19.1 Å². The van der Waals surface area contributed by atoms with Crippen molar-refractivity contribution in [3.8, 4) is 0 Å². The zero-order valence-electron chi connectivity index (χ0n) is 12.6. The zero-order valence-corrected chi connectivity index (χ0v) is 12.6. The maximum atomic E-state index is 12.4. The third-order valence-corrected chi connectivity index (χ3v) is 3.35. The van der Waals surface area contributed by atoms with Gasteiger partial charge in [0.25, 0.3) is 5.56 Å². The van der Waals surface area contributed by atoms with Gasteiger partial charge in [0.2, 0.25) is 0 Å². The Hall–Kier alpha value is -2.30. The van der Waals surface area contributed by atoms with Crippen molar-refractivity contribution in [2.45, 2.75) is 33.4 Å². The van der Waals surface area contributed by atoms with Crippen LogP contribution in [0.4, 0.5) is 11.5 Å². The smallest absolute Gasteiger partial charge is 0.293 e. The van der Waals surface area contributed by atoms with Crippen LogP contribution in [0.5, 0.6) is 0 Å². The van der Waals surface area contributed by atoms with Gasteiger partial charge in [-0.15, -0.1) is 0 Å². The highest BCUT2D eigenvalue weighted by Gasteiger charge is 2.13. The Morgan fingerprint density at radius 3 is 2.81 bits per heavy atom. The molecule has 1 aromatic carbocycles. The molecule has 0 amide bonds. The number of aromatic nitrogens is 2. The Balaban J connectivity index is 2.33. The molecule has 2 rings (SSSR count). The first-order valence-electron chi connectivity index (χ1n) is 7.30. The molecule has 5 heteroatoms. The molecule has 0 bridgehead atoms. The standard InChI is InChI=1S/C16H22N4O/c1-3-9-20(12-13-6-5-7-14(17)11-13)15-16(21)19(4-2)10-8-18-15/h5-8,10-11H,3-4,9,12,17H2,1-2H3. The van der Waals surface area contributed by atoms with E-state index in [2.05, 4.69) is 11.9 Å². The van der Waals surface area contributed by atoms with E-state index in [0.29, 0.717) is 18.9 Å². The van der Waals surface area contributed by atoms with Crippen LogP contribution in [0.25, 0.3) is 0 Å². The minimum absolute atomic E-state index is 0.0441. The Morgan fingerprint density at radius 2 is 2.14 bits per heavy atom. The lowest BCUT2D eigenvalue weighted by Gasteiger charge is -2.23. The molecule has 0 saturated carbocycles. The Morgan fingerprint density at radius 1 is 1.33 bits per heavy atom. The predicted octanol–water partition coefficient (Wildman–Crippen LogP) is 2.26. The van der Waals surface area contributed by atoms with Crippen molar-refractivity contribution in [1.82, 2.24) is 9.55 Å². The van der Waals surface area contributed by atoms with Crippen LogP contribution in [0, 0.1) is 0 Å². The first-order chi connectivity index (χ1) is 10.2. The van der Waals surface area contributed by atoms with Crippen molar-refractivity contribution in [2.24, 2.45) is 0 Å². The van der Waals surface area contributed by atoms with E-state index in [9.17, 15) is 4.79 Å². The number of hydrogen-bond acceptors (Lipinski definition) is 4. The minimum Gasteiger partial charge on any atom is -0.399 e. The molecule has 0 radical (unpaired) electrons. The van der Waals surface area contributed by atoms with Crippen molar-refractivity contribution >= 4 is 11.5 Å². The Labute approximate surface area is 125 Å². The molecule has 2 aromatic rings. The molecule has 5 nitrogen and oxygen atoms in total. The van der Waals surface area contributed by atoms with Crippen LogP contribution in [-0.4, -0.2) is 16.1 Å². The number of aryl methyl sites for hydroxylation is 1. The summed E-state index contributed by atoms with van der Waals surface area (Å²) in [6, 6.07) is 7.74. The van der Waals surface area contributed by atoms with Gasteiger partial charge >= 0.3 is 0 Å². The van der Waals surface area contributed by atoms with Crippen LogP contribution >= 0.6 is 0 Å².